The number of methoxy groups -OCH3 is 1. The highest BCUT2D eigenvalue weighted by molar-refractivity contribution is 5.80. The van der Waals surface area contributed by atoms with Gasteiger partial charge in [-0.2, -0.15) is 5.10 Å². The number of rotatable bonds is 4. The van der Waals surface area contributed by atoms with Crippen LogP contribution in [0.25, 0.3) is 11.1 Å². The van der Waals surface area contributed by atoms with Crippen LogP contribution in [0.3, 0.4) is 0 Å². The number of piperidine rings is 1. The Balaban J connectivity index is 1.70. The van der Waals surface area contributed by atoms with E-state index in [-0.39, 0.29) is 11.9 Å². The van der Waals surface area contributed by atoms with E-state index in [1.165, 1.54) is 0 Å². The summed E-state index contributed by atoms with van der Waals surface area (Å²) in [7, 11) is 1.65. The molecule has 1 aromatic carbocycles. The highest BCUT2D eigenvalue weighted by atomic mass is 16.5. The topological polar surface area (TPSA) is 47.4 Å². The molecule has 0 spiro atoms. The molecule has 24 heavy (non-hydrogen) atoms. The zero-order chi connectivity index (χ0) is 17.1. The standard InChI is InChI=1S/C19H25N3O2/c1-14-8-10-21(11-9-14)19(23)15(2)22-13-17(12-20-22)16-4-6-18(24-3)7-5-16/h4-7,12-15H,8-11H2,1-3H3/t15-/m1/s1. The van der Waals surface area contributed by atoms with E-state index in [1.807, 2.05) is 48.5 Å². The molecule has 1 amide bonds. The van der Waals surface area contributed by atoms with Gasteiger partial charge in [0.2, 0.25) is 5.91 Å². The number of carbonyl (C=O) groups is 1. The quantitative estimate of drug-likeness (QED) is 0.865. The van der Waals surface area contributed by atoms with Crippen molar-refractivity contribution in [1.29, 1.82) is 0 Å². The number of amides is 1. The zero-order valence-electron chi connectivity index (χ0n) is 14.6. The monoisotopic (exact) mass is 327 g/mol. The number of aromatic nitrogens is 2. The maximum Gasteiger partial charge on any atom is 0.247 e. The molecule has 0 aliphatic carbocycles. The van der Waals surface area contributed by atoms with Crippen LogP contribution in [0.2, 0.25) is 0 Å². The molecule has 0 radical (unpaired) electrons. The number of benzene rings is 1. The van der Waals surface area contributed by atoms with Gasteiger partial charge in [0.1, 0.15) is 11.8 Å². The Kier molecular flexibility index (Phi) is 4.88. The first-order valence-corrected chi connectivity index (χ1v) is 8.56. The second-order valence-corrected chi connectivity index (χ2v) is 6.62. The van der Waals surface area contributed by atoms with Gasteiger partial charge in [-0.1, -0.05) is 19.1 Å². The van der Waals surface area contributed by atoms with Crippen molar-refractivity contribution in [3.05, 3.63) is 36.7 Å². The summed E-state index contributed by atoms with van der Waals surface area (Å²) in [4.78, 5) is 14.7. The summed E-state index contributed by atoms with van der Waals surface area (Å²) in [5, 5.41) is 4.40. The van der Waals surface area contributed by atoms with Crippen LogP contribution in [-0.4, -0.2) is 40.8 Å². The van der Waals surface area contributed by atoms with E-state index < -0.39 is 0 Å². The van der Waals surface area contributed by atoms with Crippen LogP contribution in [0.4, 0.5) is 0 Å². The van der Waals surface area contributed by atoms with Crippen LogP contribution in [0.15, 0.2) is 36.7 Å². The van der Waals surface area contributed by atoms with Crippen LogP contribution >= 0.6 is 0 Å². The Morgan fingerprint density at radius 1 is 1.21 bits per heavy atom. The Labute approximate surface area is 143 Å². The van der Waals surface area contributed by atoms with Gasteiger partial charge in [0.05, 0.1) is 13.3 Å². The van der Waals surface area contributed by atoms with E-state index in [2.05, 4.69) is 12.0 Å². The molecule has 5 nitrogen and oxygen atoms in total. The van der Waals surface area contributed by atoms with Crippen LogP contribution in [0.1, 0.15) is 32.7 Å². The minimum atomic E-state index is -0.273. The molecule has 0 unspecified atom stereocenters. The van der Waals surface area contributed by atoms with Gasteiger partial charge in [-0.15, -0.1) is 0 Å². The summed E-state index contributed by atoms with van der Waals surface area (Å²) < 4.78 is 6.95. The van der Waals surface area contributed by atoms with Crippen molar-refractivity contribution in [2.75, 3.05) is 20.2 Å². The molecule has 0 bridgehead atoms. The molecule has 2 heterocycles. The van der Waals surface area contributed by atoms with Gasteiger partial charge in [-0.25, -0.2) is 0 Å². The smallest absolute Gasteiger partial charge is 0.247 e. The largest absolute Gasteiger partial charge is 0.497 e. The third-order valence-electron chi connectivity index (χ3n) is 4.87. The maximum absolute atomic E-state index is 12.7. The van der Waals surface area contributed by atoms with Gasteiger partial charge in [-0.05, 0) is 43.4 Å². The molecule has 1 saturated heterocycles. The van der Waals surface area contributed by atoms with Crippen molar-refractivity contribution in [3.8, 4) is 16.9 Å². The third-order valence-corrected chi connectivity index (χ3v) is 4.87. The van der Waals surface area contributed by atoms with E-state index >= 15 is 0 Å². The molecule has 0 N–H and O–H groups in total. The third kappa shape index (κ3) is 3.45. The fourth-order valence-corrected chi connectivity index (χ4v) is 3.09. The second-order valence-electron chi connectivity index (χ2n) is 6.62. The summed E-state index contributed by atoms with van der Waals surface area (Å²) in [6.45, 7) is 5.89. The summed E-state index contributed by atoms with van der Waals surface area (Å²) in [6.07, 6.45) is 5.93. The lowest BCUT2D eigenvalue weighted by molar-refractivity contribution is -0.135. The van der Waals surface area contributed by atoms with E-state index in [0.717, 1.165) is 48.7 Å². The highest BCUT2D eigenvalue weighted by Crippen LogP contribution is 2.24. The minimum Gasteiger partial charge on any atom is -0.497 e. The summed E-state index contributed by atoms with van der Waals surface area (Å²) in [6, 6.07) is 7.58. The fourth-order valence-electron chi connectivity index (χ4n) is 3.09. The molecule has 2 aromatic rings. The first-order valence-electron chi connectivity index (χ1n) is 8.56. The molecular formula is C19H25N3O2. The average molecular weight is 327 g/mol. The Hall–Kier alpha value is -2.30. The number of hydrogen-bond donors (Lipinski definition) is 0. The lowest BCUT2D eigenvalue weighted by Gasteiger charge is -2.32. The average Bonchev–Trinajstić information content (AvgIpc) is 3.11. The first-order chi connectivity index (χ1) is 11.6. The van der Waals surface area contributed by atoms with Crippen molar-refractivity contribution < 1.29 is 9.53 Å². The number of likely N-dealkylation sites (tertiary alicyclic amines) is 1. The predicted octanol–water partition coefficient (Wildman–Crippen LogP) is 3.38. The Morgan fingerprint density at radius 3 is 2.50 bits per heavy atom. The van der Waals surface area contributed by atoms with E-state index in [4.69, 9.17) is 4.74 Å². The van der Waals surface area contributed by atoms with Crippen molar-refractivity contribution in [1.82, 2.24) is 14.7 Å². The lowest BCUT2D eigenvalue weighted by atomic mass is 9.99. The lowest BCUT2D eigenvalue weighted by Crippen LogP contribution is -2.41. The van der Waals surface area contributed by atoms with Gasteiger partial charge in [0.25, 0.3) is 0 Å². The van der Waals surface area contributed by atoms with Crippen molar-refractivity contribution in [2.45, 2.75) is 32.7 Å². The van der Waals surface area contributed by atoms with E-state index in [0.29, 0.717) is 0 Å². The molecular weight excluding hydrogens is 302 g/mol. The van der Waals surface area contributed by atoms with Crippen LogP contribution in [0, 0.1) is 5.92 Å². The zero-order valence-corrected chi connectivity index (χ0v) is 14.6. The molecule has 1 atom stereocenters. The number of hydrogen-bond acceptors (Lipinski definition) is 3. The predicted molar refractivity (Wildman–Crippen MR) is 93.9 cm³/mol. The molecule has 5 heteroatoms. The number of carbonyl (C=O) groups excluding carboxylic acids is 1. The van der Waals surface area contributed by atoms with Gasteiger partial charge in [0, 0.05) is 24.8 Å². The van der Waals surface area contributed by atoms with Crippen molar-refractivity contribution in [3.63, 3.8) is 0 Å². The van der Waals surface area contributed by atoms with E-state index in [9.17, 15) is 4.79 Å². The van der Waals surface area contributed by atoms with Gasteiger partial charge in [-0.3, -0.25) is 9.48 Å². The normalized spacial score (nSPS) is 16.9. The Morgan fingerprint density at radius 2 is 1.88 bits per heavy atom. The van der Waals surface area contributed by atoms with Crippen molar-refractivity contribution >= 4 is 5.91 Å². The highest BCUT2D eigenvalue weighted by Gasteiger charge is 2.25. The molecule has 1 aliphatic rings. The molecule has 1 aliphatic heterocycles. The minimum absolute atomic E-state index is 0.159. The second kappa shape index (κ2) is 7.07. The molecule has 1 aromatic heterocycles. The number of nitrogens with zero attached hydrogens (tertiary/aromatic N) is 3. The molecule has 1 fully saturated rings. The van der Waals surface area contributed by atoms with E-state index in [1.54, 1.807) is 11.8 Å². The molecule has 128 valence electrons. The summed E-state index contributed by atoms with van der Waals surface area (Å²) >= 11 is 0. The van der Waals surface area contributed by atoms with Gasteiger partial charge >= 0.3 is 0 Å². The summed E-state index contributed by atoms with van der Waals surface area (Å²) in [5.74, 6) is 1.70. The van der Waals surface area contributed by atoms with Crippen LogP contribution in [0.5, 0.6) is 5.75 Å². The van der Waals surface area contributed by atoms with Crippen LogP contribution in [-0.2, 0) is 4.79 Å². The maximum atomic E-state index is 12.7. The first kappa shape index (κ1) is 16.6. The Bertz CT molecular complexity index is 685. The molecule has 3 rings (SSSR count). The fraction of sp³-hybridized carbons (Fsp3) is 0.474. The van der Waals surface area contributed by atoms with Crippen LogP contribution < -0.4 is 4.74 Å². The van der Waals surface area contributed by atoms with Gasteiger partial charge in [0.15, 0.2) is 0 Å². The number of ether oxygens (including phenoxy) is 1. The SMILES string of the molecule is COc1ccc(-c2cnn([C@H](C)C(=O)N3CCC(C)CC3)c2)cc1. The molecule has 0 saturated carbocycles. The summed E-state index contributed by atoms with van der Waals surface area (Å²) in [5.41, 5.74) is 2.07. The van der Waals surface area contributed by atoms with Crippen molar-refractivity contribution in [2.24, 2.45) is 5.92 Å². The van der Waals surface area contributed by atoms with Gasteiger partial charge < -0.3 is 9.64 Å².